The van der Waals surface area contributed by atoms with E-state index in [9.17, 15) is 19.7 Å². The van der Waals surface area contributed by atoms with Crippen LogP contribution in [0.25, 0.3) is 0 Å². The molecular formula is C28H35N3O6Si. The van der Waals surface area contributed by atoms with Gasteiger partial charge in [0, 0.05) is 5.41 Å². The van der Waals surface area contributed by atoms with E-state index in [0.29, 0.717) is 32.3 Å². The van der Waals surface area contributed by atoms with E-state index in [1.54, 1.807) is 0 Å². The van der Waals surface area contributed by atoms with Crippen LogP contribution in [0, 0.1) is 15.5 Å². The fourth-order valence-electron chi connectivity index (χ4n) is 5.22. The van der Waals surface area contributed by atoms with E-state index < -0.39 is 35.4 Å². The van der Waals surface area contributed by atoms with Crippen LogP contribution in [0.5, 0.6) is 0 Å². The molecule has 1 fully saturated rings. The second-order valence-electron chi connectivity index (χ2n) is 11.3. The van der Waals surface area contributed by atoms with E-state index in [1.165, 1.54) is 10.8 Å². The topological polar surface area (TPSA) is 117 Å². The molecule has 0 aliphatic carbocycles. The van der Waals surface area contributed by atoms with E-state index in [0.717, 1.165) is 10.4 Å². The van der Waals surface area contributed by atoms with E-state index in [4.69, 9.17) is 9.47 Å². The fraction of sp³-hybridized carbons (Fsp3) is 0.429. The Balaban J connectivity index is 1.69. The van der Waals surface area contributed by atoms with Gasteiger partial charge in [0.2, 0.25) is 5.69 Å². The minimum atomic E-state index is -3.25. The van der Waals surface area contributed by atoms with E-state index in [-0.39, 0.29) is 12.2 Å². The molecular weight excluding hydrogens is 502 g/mol. The smallest absolute Gasteiger partial charge is 0.424 e. The minimum Gasteiger partial charge on any atom is -0.424 e. The van der Waals surface area contributed by atoms with Crippen molar-refractivity contribution in [3.05, 3.63) is 82.7 Å². The number of imidazole rings is 1. The number of rotatable bonds is 10. The van der Waals surface area contributed by atoms with Crippen molar-refractivity contribution in [3.63, 3.8) is 0 Å². The van der Waals surface area contributed by atoms with Crippen LogP contribution in [0.15, 0.2) is 66.9 Å². The molecule has 38 heavy (non-hydrogen) atoms. The first-order valence-electron chi connectivity index (χ1n) is 12.7. The average molecular weight is 538 g/mol. The standard InChI is InChI=1S/C28H35N3O6Si/c1-26(2,38(35,23-11-7-5-8-12-23)24-13-9-6-10-14-24)15-16-28(20-36-27(3,4)37-21-28)19-30-17-22(18-32)29-25(30)31(33)34/h5-14,17-18,35H,15-16,19-21H2,1-4H3. The zero-order valence-corrected chi connectivity index (χ0v) is 23.3. The summed E-state index contributed by atoms with van der Waals surface area (Å²) in [5, 5.41) is 13.0. The largest absolute Gasteiger partial charge is 0.435 e. The molecule has 0 saturated carbocycles. The molecule has 0 unspecified atom stereocenters. The van der Waals surface area contributed by atoms with Crippen molar-refractivity contribution in [3.8, 4) is 0 Å². The summed E-state index contributed by atoms with van der Waals surface area (Å²) in [7, 11) is -3.25. The van der Waals surface area contributed by atoms with Gasteiger partial charge < -0.3 is 24.4 Å². The van der Waals surface area contributed by atoms with Crippen molar-refractivity contribution >= 4 is 30.9 Å². The molecule has 2 aromatic carbocycles. The normalized spacial score (nSPS) is 17.2. The van der Waals surface area contributed by atoms with Crippen LogP contribution in [-0.4, -0.2) is 52.9 Å². The number of benzene rings is 2. The predicted octanol–water partition coefficient (Wildman–Crippen LogP) is 3.69. The molecule has 1 aliphatic heterocycles. The van der Waals surface area contributed by atoms with Crippen LogP contribution in [0.3, 0.4) is 0 Å². The molecule has 0 atom stereocenters. The minimum absolute atomic E-state index is 0.0000867. The predicted molar refractivity (Wildman–Crippen MR) is 146 cm³/mol. The second-order valence-corrected chi connectivity index (χ2v) is 15.2. The Morgan fingerprint density at radius 3 is 2.08 bits per heavy atom. The van der Waals surface area contributed by atoms with Crippen molar-refractivity contribution in [2.75, 3.05) is 13.2 Å². The number of nitro groups is 1. The summed E-state index contributed by atoms with van der Waals surface area (Å²) in [5.41, 5.74) is -0.638. The van der Waals surface area contributed by atoms with Crippen molar-refractivity contribution in [1.29, 1.82) is 0 Å². The SMILES string of the molecule is CC1(C)OCC(CCC(C)(C)[Si](O)(c2ccccc2)c2ccccc2)(Cn2cc(C=O)nc2[N+](=O)[O-])CO1. The monoisotopic (exact) mass is 537 g/mol. The summed E-state index contributed by atoms with van der Waals surface area (Å²) in [4.78, 5) is 38.8. The summed E-state index contributed by atoms with van der Waals surface area (Å²) in [6.07, 6.45) is 3.07. The van der Waals surface area contributed by atoms with Crippen LogP contribution >= 0.6 is 0 Å². The Kier molecular flexibility index (Phi) is 7.71. The molecule has 0 bridgehead atoms. The second kappa shape index (κ2) is 10.5. The molecule has 1 N–H and O–H groups in total. The van der Waals surface area contributed by atoms with Gasteiger partial charge in [0.15, 0.2) is 12.1 Å². The van der Waals surface area contributed by atoms with Gasteiger partial charge in [-0.1, -0.05) is 79.5 Å². The quantitative estimate of drug-likeness (QED) is 0.181. The van der Waals surface area contributed by atoms with Crippen LogP contribution in [-0.2, 0) is 16.0 Å². The Morgan fingerprint density at radius 1 is 1.08 bits per heavy atom. The van der Waals surface area contributed by atoms with Gasteiger partial charge in [-0.05, 0) is 47.0 Å². The number of aldehydes is 1. The fourth-order valence-corrected chi connectivity index (χ4v) is 8.96. The van der Waals surface area contributed by atoms with Gasteiger partial charge >= 0.3 is 5.95 Å². The van der Waals surface area contributed by atoms with Crippen molar-refractivity contribution < 1.29 is 24.0 Å². The van der Waals surface area contributed by atoms with Gasteiger partial charge in [-0.2, -0.15) is 0 Å². The van der Waals surface area contributed by atoms with E-state index in [1.807, 2.05) is 74.5 Å². The zero-order chi connectivity index (χ0) is 27.6. The van der Waals surface area contributed by atoms with E-state index >= 15 is 0 Å². The molecule has 1 saturated heterocycles. The van der Waals surface area contributed by atoms with Gasteiger partial charge in [-0.3, -0.25) is 4.79 Å². The molecule has 0 spiro atoms. The van der Waals surface area contributed by atoms with Crippen LogP contribution < -0.4 is 10.4 Å². The van der Waals surface area contributed by atoms with E-state index in [2.05, 4.69) is 18.8 Å². The number of carbonyl (C=O) groups is 1. The van der Waals surface area contributed by atoms with Gasteiger partial charge in [-0.25, -0.2) is 4.57 Å². The molecule has 0 amide bonds. The molecule has 10 heteroatoms. The summed E-state index contributed by atoms with van der Waals surface area (Å²) in [6, 6.07) is 19.6. The van der Waals surface area contributed by atoms with Crippen molar-refractivity contribution in [1.82, 2.24) is 9.55 Å². The Labute approximate surface area is 223 Å². The zero-order valence-electron chi connectivity index (χ0n) is 22.3. The lowest BCUT2D eigenvalue weighted by atomic mass is 9.81. The van der Waals surface area contributed by atoms with Crippen LogP contribution in [0.2, 0.25) is 5.04 Å². The lowest BCUT2D eigenvalue weighted by Crippen LogP contribution is -2.65. The Bertz CT molecular complexity index is 1230. The third-order valence-electron chi connectivity index (χ3n) is 7.66. The number of hydrogen-bond acceptors (Lipinski definition) is 7. The highest BCUT2D eigenvalue weighted by molar-refractivity contribution is 6.98. The molecule has 2 heterocycles. The number of hydrogen-bond donors (Lipinski definition) is 1. The lowest BCUT2D eigenvalue weighted by Gasteiger charge is -2.46. The van der Waals surface area contributed by atoms with Gasteiger partial charge in [-0.15, -0.1) is 0 Å². The maximum absolute atomic E-state index is 12.6. The first kappa shape index (κ1) is 27.8. The number of nitrogens with zero attached hydrogens (tertiary/aromatic N) is 3. The van der Waals surface area contributed by atoms with Gasteiger partial charge in [0.05, 0.1) is 19.8 Å². The lowest BCUT2D eigenvalue weighted by molar-refractivity contribution is -0.397. The van der Waals surface area contributed by atoms with Crippen LogP contribution in [0.1, 0.15) is 51.0 Å². The maximum atomic E-state index is 12.6. The van der Waals surface area contributed by atoms with Crippen molar-refractivity contribution in [2.45, 2.75) is 57.9 Å². The maximum Gasteiger partial charge on any atom is 0.435 e. The summed E-state index contributed by atoms with van der Waals surface area (Å²) in [5.74, 6) is -1.17. The average Bonchev–Trinajstić information content (AvgIpc) is 3.33. The molecule has 9 nitrogen and oxygen atoms in total. The molecule has 1 aliphatic rings. The molecule has 3 aromatic rings. The first-order valence-corrected chi connectivity index (χ1v) is 14.6. The Morgan fingerprint density at radius 2 is 1.61 bits per heavy atom. The Hall–Kier alpha value is -3.18. The molecule has 4 rings (SSSR count). The third-order valence-corrected chi connectivity index (χ3v) is 12.2. The first-order chi connectivity index (χ1) is 17.9. The van der Waals surface area contributed by atoms with Crippen molar-refractivity contribution in [2.24, 2.45) is 5.41 Å². The van der Waals surface area contributed by atoms with Crippen LogP contribution in [0.4, 0.5) is 5.95 Å². The number of carbonyl (C=O) groups excluding carboxylic acids is 1. The highest BCUT2D eigenvalue weighted by Crippen LogP contribution is 2.45. The highest BCUT2D eigenvalue weighted by Gasteiger charge is 2.52. The summed E-state index contributed by atoms with van der Waals surface area (Å²) >= 11 is 0. The third kappa shape index (κ3) is 5.49. The molecule has 202 valence electrons. The van der Waals surface area contributed by atoms with Gasteiger partial charge in [0.1, 0.15) is 6.20 Å². The highest BCUT2D eigenvalue weighted by atomic mass is 28.4. The molecule has 1 aromatic heterocycles. The molecule has 0 radical (unpaired) electrons. The number of ether oxygens (including phenoxy) is 2. The summed E-state index contributed by atoms with van der Waals surface area (Å²) < 4.78 is 13.5. The summed E-state index contributed by atoms with van der Waals surface area (Å²) in [6.45, 7) is 8.64. The number of aromatic nitrogens is 2. The van der Waals surface area contributed by atoms with Gasteiger partial charge in [0.25, 0.3) is 8.32 Å².